The van der Waals surface area contributed by atoms with Crippen LogP contribution in [-0.4, -0.2) is 122 Å². The van der Waals surface area contributed by atoms with E-state index in [-0.39, 0.29) is 6.54 Å². The van der Waals surface area contributed by atoms with Crippen molar-refractivity contribution >= 4 is 5.91 Å². The quantitative estimate of drug-likeness (QED) is 0.0655. The molecule has 9 unspecified atom stereocenters. The van der Waals surface area contributed by atoms with Gasteiger partial charge in [-0.2, -0.15) is 0 Å². The summed E-state index contributed by atoms with van der Waals surface area (Å²) in [7, 11) is 0. The Labute approximate surface area is 251 Å². The lowest BCUT2D eigenvalue weighted by atomic mass is 9.98. The van der Waals surface area contributed by atoms with Crippen molar-refractivity contribution in [1.82, 2.24) is 5.32 Å². The lowest BCUT2D eigenvalue weighted by Crippen LogP contribution is -2.62. The molecule has 0 aliphatic carbocycles. The molecular weight excluding hydrogens is 550 g/mol. The van der Waals surface area contributed by atoms with Gasteiger partial charge in [0.05, 0.1) is 13.2 Å². The first-order chi connectivity index (χ1) is 20.2. The van der Waals surface area contributed by atoms with Gasteiger partial charge >= 0.3 is 0 Å². The highest BCUT2D eigenvalue weighted by molar-refractivity contribution is 5.81. The van der Waals surface area contributed by atoms with E-state index in [0.717, 1.165) is 19.3 Å². The fourth-order valence-electron chi connectivity index (χ4n) is 5.16. The maximum Gasteiger partial charge on any atom is 0.251 e. The van der Waals surface area contributed by atoms with E-state index in [1.807, 2.05) is 0 Å². The molecule has 12 heteroatoms. The van der Waals surface area contributed by atoms with Gasteiger partial charge in [-0.3, -0.25) is 4.79 Å². The van der Waals surface area contributed by atoms with E-state index in [0.29, 0.717) is 6.42 Å². The van der Waals surface area contributed by atoms with Gasteiger partial charge < -0.3 is 55.6 Å². The standard InChI is InChI=1S/C30H59NO11/c1-2-3-4-5-6-7-8-9-10-11-12-13-14-15-16-17-18-31-29(40)26(38)25(37)28(21(34)19-32)42-30-27(39)24(36)23(35)22(20-33)41-30/h21-28,30,32-39H,2-20H2,1H3,(H,31,40). The van der Waals surface area contributed by atoms with E-state index in [9.17, 15) is 45.6 Å². The number of aliphatic hydroxyl groups excluding tert-OH is 8. The van der Waals surface area contributed by atoms with Gasteiger partial charge in [0.25, 0.3) is 5.91 Å². The Hall–Kier alpha value is -0.930. The minimum Gasteiger partial charge on any atom is -0.394 e. The van der Waals surface area contributed by atoms with Gasteiger partial charge in [-0.05, 0) is 6.42 Å². The molecule has 1 amide bonds. The molecule has 1 saturated heterocycles. The largest absolute Gasteiger partial charge is 0.394 e. The zero-order chi connectivity index (χ0) is 31.3. The van der Waals surface area contributed by atoms with Gasteiger partial charge in [0.15, 0.2) is 12.4 Å². The number of carbonyl (C=O) groups excluding carboxylic acids is 1. The SMILES string of the molecule is CCCCCCCCCCCCCCCCCCNC(=O)C(O)C(O)C(OC1OC(CO)C(O)C(O)C1O)C(O)CO. The van der Waals surface area contributed by atoms with Gasteiger partial charge in [-0.15, -0.1) is 0 Å². The van der Waals surface area contributed by atoms with Crippen LogP contribution in [0.5, 0.6) is 0 Å². The Balaban J connectivity index is 2.25. The van der Waals surface area contributed by atoms with Crippen LogP contribution in [-0.2, 0) is 14.3 Å². The average Bonchev–Trinajstić information content (AvgIpc) is 2.99. The second kappa shape index (κ2) is 23.5. The summed E-state index contributed by atoms with van der Waals surface area (Å²) in [5.41, 5.74) is 0. The van der Waals surface area contributed by atoms with E-state index >= 15 is 0 Å². The summed E-state index contributed by atoms with van der Waals surface area (Å²) in [6.07, 6.45) is 3.54. The summed E-state index contributed by atoms with van der Waals surface area (Å²) >= 11 is 0. The van der Waals surface area contributed by atoms with E-state index < -0.39 is 74.2 Å². The number of aliphatic hydroxyl groups is 8. The first-order valence-electron chi connectivity index (χ1n) is 16.1. The Kier molecular flexibility index (Phi) is 21.8. The Morgan fingerprint density at radius 3 is 1.67 bits per heavy atom. The molecule has 0 aromatic carbocycles. The highest BCUT2D eigenvalue weighted by Gasteiger charge is 2.47. The lowest BCUT2D eigenvalue weighted by Gasteiger charge is -2.42. The van der Waals surface area contributed by atoms with Gasteiger partial charge in [-0.25, -0.2) is 0 Å². The smallest absolute Gasteiger partial charge is 0.251 e. The molecule has 1 aliphatic rings. The van der Waals surface area contributed by atoms with Crippen LogP contribution in [0.2, 0.25) is 0 Å². The molecule has 0 spiro atoms. The number of nitrogens with one attached hydrogen (secondary N) is 1. The Bertz CT molecular complexity index is 671. The molecular formula is C30H59NO11. The fourth-order valence-corrected chi connectivity index (χ4v) is 5.16. The first-order valence-corrected chi connectivity index (χ1v) is 16.1. The molecule has 12 nitrogen and oxygen atoms in total. The van der Waals surface area contributed by atoms with Crippen molar-refractivity contribution in [2.45, 2.75) is 165 Å². The van der Waals surface area contributed by atoms with Crippen LogP contribution in [0.15, 0.2) is 0 Å². The van der Waals surface area contributed by atoms with Crippen LogP contribution >= 0.6 is 0 Å². The molecule has 0 aromatic heterocycles. The third kappa shape index (κ3) is 14.7. The number of rotatable bonds is 25. The molecule has 42 heavy (non-hydrogen) atoms. The number of hydrogen-bond acceptors (Lipinski definition) is 11. The fraction of sp³-hybridized carbons (Fsp3) is 0.967. The van der Waals surface area contributed by atoms with Crippen molar-refractivity contribution < 1.29 is 55.1 Å². The van der Waals surface area contributed by atoms with Crippen molar-refractivity contribution in [3.05, 3.63) is 0 Å². The predicted octanol–water partition coefficient (Wildman–Crippen LogP) is 0.624. The number of hydrogen-bond donors (Lipinski definition) is 9. The monoisotopic (exact) mass is 609 g/mol. The minimum absolute atomic E-state index is 0.280. The molecule has 9 N–H and O–H groups in total. The van der Waals surface area contributed by atoms with E-state index in [1.165, 1.54) is 77.0 Å². The Morgan fingerprint density at radius 1 is 0.738 bits per heavy atom. The van der Waals surface area contributed by atoms with Gasteiger partial charge in [0.1, 0.15) is 42.7 Å². The third-order valence-electron chi connectivity index (χ3n) is 7.96. The van der Waals surface area contributed by atoms with Crippen LogP contribution < -0.4 is 5.32 Å². The summed E-state index contributed by atoms with van der Waals surface area (Å²) in [6, 6.07) is 0. The van der Waals surface area contributed by atoms with Crippen molar-refractivity contribution in [3.8, 4) is 0 Å². The zero-order valence-electron chi connectivity index (χ0n) is 25.4. The van der Waals surface area contributed by atoms with Gasteiger partial charge in [0, 0.05) is 6.54 Å². The molecule has 1 fully saturated rings. The summed E-state index contributed by atoms with van der Waals surface area (Å²) in [5.74, 6) is -0.906. The zero-order valence-corrected chi connectivity index (χ0v) is 25.4. The molecule has 1 heterocycles. The third-order valence-corrected chi connectivity index (χ3v) is 7.96. The molecule has 0 saturated carbocycles. The highest BCUT2D eigenvalue weighted by Crippen LogP contribution is 2.25. The van der Waals surface area contributed by atoms with Crippen LogP contribution in [0.1, 0.15) is 110 Å². The normalized spacial score (nSPS) is 25.6. The number of amides is 1. The lowest BCUT2D eigenvalue weighted by molar-refractivity contribution is -0.326. The topological polar surface area (TPSA) is 209 Å². The van der Waals surface area contributed by atoms with Crippen LogP contribution in [0.4, 0.5) is 0 Å². The van der Waals surface area contributed by atoms with Crippen molar-refractivity contribution in [1.29, 1.82) is 0 Å². The molecule has 250 valence electrons. The summed E-state index contributed by atoms with van der Waals surface area (Å²) in [4.78, 5) is 12.4. The van der Waals surface area contributed by atoms with Gasteiger partial charge in [0.2, 0.25) is 0 Å². The minimum atomic E-state index is -2.04. The highest BCUT2D eigenvalue weighted by atomic mass is 16.7. The molecule has 9 atom stereocenters. The maximum atomic E-state index is 12.4. The van der Waals surface area contributed by atoms with Crippen LogP contribution in [0, 0.1) is 0 Å². The van der Waals surface area contributed by atoms with E-state index in [2.05, 4.69) is 12.2 Å². The molecule has 0 bridgehead atoms. The molecule has 1 aliphatic heterocycles. The number of carbonyl (C=O) groups is 1. The van der Waals surface area contributed by atoms with Crippen molar-refractivity contribution in [2.24, 2.45) is 0 Å². The van der Waals surface area contributed by atoms with E-state index in [4.69, 9.17) is 9.47 Å². The number of ether oxygens (including phenoxy) is 2. The molecule has 0 aromatic rings. The van der Waals surface area contributed by atoms with Crippen molar-refractivity contribution in [3.63, 3.8) is 0 Å². The van der Waals surface area contributed by atoms with Gasteiger partial charge in [-0.1, -0.05) is 103 Å². The van der Waals surface area contributed by atoms with E-state index in [1.54, 1.807) is 0 Å². The second-order valence-electron chi connectivity index (χ2n) is 11.6. The summed E-state index contributed by atoms with van der Waals surface area (Å²) in [6.45, 7) is 0.866. The second-order valence-corrected chi connectivity index (χ2v) is 11.6. The maximum absolute atomic E-state index is 12.4. The predicted molar refractivity (Wildman–Crippen MR) is 156 cm³/mol. The van der Waals surface area contributed by atoms with Crippen LogP contribution in [0.3, 0.4) is 0 Å². The molecule has 0 radical (unpaired) electrons. The van der Waals surface area contributed by atoms with Crippen LogP contribution in [0.25, 0.3) is 0 Å². The average molecular weight is 610 g/mol. The summed E-state index contributed by atoms with van der Waals surface area (Å²) in [5, 5.41) is 82.2. The summed E-state index contributed by atoms with van der Waals surface area (Å²) < 4.78 is 10.5. The van der Waals surface area contributed by atoms with Crippen molar-refractivity contribution in [2.75, 3.05) is 19.8 Å². The molecule has 1 rings (SSSR count). The Morgan fingerprint density at radius 2 is 1.21 bits per heavy atom. The first kappa shape index (κ1) is 39.1. The number of unbranched alkanes of at least 4 members (excludes halogenated alkanes) is 15.